The molecule has 3 N–H and O–H groups in total. The van der Waals surface area contributed by atoms with Crippen LogP contribution in [0, 0.1) is 0 Å². The number of benzene rings is 1. The quantitative estimate of drug-likeness (QED) is 0.435. The highest BCUT2D eigenvalue weighted by atomic mass is 16.2. The second-order valence-corrected chi connectivity index (χ2v) is 4.30. The maximum atomic E-state index is 11.9. The normalized spacial score (nSPS) is 10.3. The van der Waals surface area contributed by atoms with E-state index in [1.165, 1.54) is 16.8 Å². The lowest BCUT2D eigenvalue weighted by molar-refractivity contribution is 0.0953. The van der Waals surface area contributed by atoms with E-state index in [0.29, 0.717) is 5.56 Å². The first-order chi connectivity index (χ1) is 9.52. The third-order valence-corrected chi connectivity index (χ3v) is 2.93. The summed E-state index contributed by atoms with van der Waals surface area (Å²) in [5.74, 6) is 4.63. The largest absolute Gasteiger partial charge is 0.331 e. The van der Waals surface area contributed by atoms with Crippen LogP contribution >= 0.6 is 0 Å². The summed E-state index contributed by atoms with van der Waals surface area (Å²) >= 11 is 0. The minimum absolute atomic E-state index is 0.150. The van der Waals surface area contributed by atoms with Gasteiger partial charge in [-0.1, -0.05) is 12.1 Å². The van der Waals surface area contributed by atoms with Crippen molar-refractivity contribution in [3.05, 3.63) is 68.5 Å². The van der Waals surface area contributed by atoms with Crippen LogP contribution in [0.5, 0.6) is 0 Å². The predicted molar refractivity (Wildman–Crippen MR) is 73.1 cm³/mol. The average Bonchev–Trinajstić information content (AvgIpc) is 2.47. The molecule has 0 bridgehead atoms. The molecule has 0 saturated carbocycles. The highest BCUT2D eigenvalue weighted by Crippen LogP contribution is 2.04. The zero-order valence-electron chi connectivity index (χ0n) is 10.9. The molecular weight excluding hydrogens is 260 g/mol. The molecule has 0 spiro atoms. The van der Waals surface area contributed by atoms with Gasteiger partial charge in [-0.2, -0.15) is 0 Å². The first-order valence-electron chi connectivity index (χ1n) is 5.89. The van der Waals surface area contributed by atoms with Crippen molar-refractivity contribution in [3.8, 4) is 0 Å². The number of carbonyl (C=O) groups is 1. The molecular formula is C13H14N4O3. The third kappa shape index (κ3) is 2.67. The number of rotatable bonds is 3. The Morgan fingerprint density at radius 1 is 1.20 bits per heavy atom. The average molecular weight is 274 g/mol. The van der Waals surface area contributed by atoms with Crippen molar-refractivity contribution in [2.75, 3.05) is 0 Å². The Morgan fingerprint density at radius 3 is 2.45 bits per heavy atom. The van der Waals surface area contributed by atoms with Crippen LogP contribution in [0.4, 0.5) is 0 Å². The summed E-state index contributed by atoms with van der Waals surface area (Å²) in [4.78, 5) is 34.8. The van der Waals surface area contributed by atoms with Gasteiger partial charge in [0, 0.05) is 24.9 Å². The van der Waals surface area contributed by atoms with Crippen LogP contribution in [0.25, 0.3) is 0 Å². The number of hydrogen-bond acceptors (Lipinski definition) is 4. The molecule has 0 radical (unpaired) electrons. The van der Waals surface area contributed by atoms with Crippen molar-refractivity contribution in [3.63, 3.8) is 0 Å². The fraction of sp³-hybridized carbons (Fsp3) is 0.154. The molecule has 0 unspecified atom stereocenters. The zero-order valence-corrected chi connectivity index (χ0v) is 10.9. The lowest BCUT2D eigenvalue weighted by Gasteiger charge is -2.07. The van der Waals surface area contributed by atoms with Gasteiger partial charge in [-0.25, -0.2) is 10.6 Å². The minimum Gasteiger partial charge on any atom is -0.303 e. The lowest BCUT2D eigenvalue weighted by Crippen LogP contribution is -2.38. The maximum absolute atomic E-state index is 11.9. The fourth-order valence-corrected chi connectivity index (χ4v) is 1.79. The van der Waals surface area contributed by atoms with Crippen LogP contribution in [0.1, 0.15) is 15.9 Å². The van der Waals surface area contributed by atoms with Crippen molar-refractivity contribution in [1.82, 2.24) is 14.6 Å². The molecule has 0 aliphatic rings. The van der Waals surface area contributed by atoms with Crippen molar-refractivity contribution >= 4 is 5.91 Å². The molecule has 7 nitrogen and oxygen atoms in total. The molecule has 1 heterocycles. The molecule has 104 valence electrons. The number of hydrogen-bond donors (Lipinski definition) is 2. The zero-order chi connectivity index (χ0) is 14.7. The molecule has 0 aliphatic heterocycles. The highest BCUT2D eigenvalue weighted by molar-refractivity contribution is 5.93. The number of carbonyl (C=O) groups excluding carboxylic acids is 1. The molecule has 0 atom stereocenters. The highest BCUT2D eigenvalue weighted by Gasteiger charge is 2.06. The summed E-state index contributed by atoms with van der Waals surface area (Å²) in [7, 11) is 1.58. The first kappa shape index (κ1) is 13.8. The number of nitrogens with zero attached hydrogens (tertiary/aromatic N) is 2. The van der Waals surface area contributed by atoms with E-state index in [1.807, 2.05) is 5.43 Å². The van der Waals surface area contributed by atoms with E-state index < -0.39 is 5.91 Å². The van der Waals surface area contributed by atoms with Gasteiger partial charge in [0.15, 0.2) is 0 Å². The van der Waals surface area contributed by atoms with E-state index in [1.54, 1.807) is 31.3 Å². The van der Waals surface area contributed by atoms with Crippen LogP contribution < -0.4 is 22.5 Å². The molecule has 1 aromatic carbocycles. The Morgan fingerprint density at radius 2 is 1.85 bits per heavy atom. The van der Waals surface area contributed by atoms with Gasteiger partial charge in [0.1, 0.15) is 0 Å². The summed E-state index contributed by atoms with van der Waals surface area (Å²) < 4.78 is 2.45. The molecule has 20 heavy (non-hydrogen) atoms. The van der Waals surface area contributed by atoms with Gasteiger partial charge in [0.05, 0.1) is 6.54 Å². The third-order valence-electron chi connectivity index (χ3n) is 2.93. The summed E-state index contributed by atoms with van der Waals surface area (Å²) in [6, 6.07) is 7.83. The summed E-state index contributed by atoms with van der Waals surface area (Å²) in [5, 5.41) is 0. The Bertz CT molecular complexity index is 743. The van der Waals surface area contributed by atoms with E-state index in [4.69, 9.17) is 5.84 Å². The standard InChI is InChI=1S/C13H14N4O3/c1-16-7-6-11(18)17(13(16)20)8-9-2-4-10(5-3-9)12(19)15-14/h2-7H,8,14H2,1H3,(H,15,19). The van der Waals surface area contributed by atoms with Crippen LogP contribution in [0.3, 0.4) is 0 Å². The summed E-state index contributed by atoms with van der Waals surface area (Å²) in [5.41, 5.74) is 2.42. The van der Waals surface area contributed by atoms with Crippen LogP contribution in [-0.2, 0) is 13.6 Å². The molecule has 7 heteroatoms. The number of hydrazine groups is 1. The molecule has 2 aromatic rings. The van der Waals surface area contributed by atoms with Gasteiger partial charge >= 0.3 is 5.69 Å². The van der Waals surface area contributed by atoms with Gasteiger partial charge in [0.25, 0.3) is 11.5 Å². The van der Waals surface area contributed by atoms with Crippen LogP contribution in [0.15, 0.2) is 46.1 Å². The maximum Gasteiger partial charge on any atom is 0.331 e. The molecule has 2 rings (SSSR count). The minimum atomic E-state index is -0.399. The molecule has 1 amide bonds. The second-order valence-electron chi connectivity index (χ2n) is 4.30. The Balaban J connectivity index is 2.32. The second kappa shape index (κ2) is 5.54. The van der Waals surface area contributed by atoms with Crippen molar-refractivity contribution < 1.29 is 4.79 Å². The van der Waals surface area contributed by atoms with Gasteiger partial charge in [-0.15, -0.1) is 0 Å². The molecule has 0 aliphatic carbocycles. The predicted octanol–water partition coefficient (Wildman–Crippen LogP) is -0.801. The number of nitrogen functional groups attached to an aromatic ring is 1. The topological polar surface area (TPSA) is 99.1 Å². The number of nitrogens with two attached hydrogens (primary N) is 1. The number of aryl methyl sites for hydroxylation is 1. The van der Waals surface area contributed by atoms with Crippen LogP contribution in [0.2, 0.25) is 0 Å². The Hall–Kier alpha value is -2.67. The fourth-order valence-electron chi connectivity index (χ4n) is 1.79. The molecule has 1 aromatic heterocycles. The van der Waals surface area contributed by atoms with E-state index >= 15 is 0 Å². The number of amides is 1. The van der Waals surface area contributed by atoms with Gasteiger partial charge in [-0.3, -0.25) is 19.6 Å². The first-order valence-corrected chi connectivity index (χ1v) is 5.89. The SMILES string of the molecule is Cn1ccc(=O)n(Cc2ccc(C(=O)NN)cc2)c1=O. The van der Waals surface area contributed by atoms with Crippen molar-refractivity contribution in [1.29, 1.82) is 0 Å². The van der Waals surface area contributed by atoms with Crippen LogP contribution in [-0.4, -0.2) is 15.0 Å². The van der Waals surface area contributed by atoms with Gasteiger partial charge in [0.2, 0.25) is 0 Å². The van der Waals surface area contributed by atoms with Gasteiger partial charge < -0.3 is 4.57 Å². The summed E-state index contributed by atoms with van der Waals surface area (Å²) in [6.45, 7) is 0.150. The number of nitrogens with one attached hydrogen (secondary N) is 1. The van der Waals surface area contributed by atoms with Crippen molar-refractivity contribution in [2.24, 2.45) is 12.9 Å². The van der Waals surface area contributed by atoms with Crippen molar-refractivity contribution in [2.45, 2.75) is 6.54 Å². The molecule has 0 fully saturated rings. The smallest absolute Gasteiger partial charge is 0.303 e. The van der Waals surface area contributed by atoms with E-state index in [2.05, 4.69) is 0 Å². The van der Waals surface area contributed by atoms with E-state index in [0.717, 1.165) is 10.1 Å². The van der Waals surface area contributed by atoms with E-state index in [-0.39, 0.29) is 17.8 Å². The number of aromatic nitrogens is 2. The van der Waals surface area contributed by atoms with E-state index in [9.17, 15) is 14.4 Å². The monoisotopic (exact) mass is 274 g/mol. The summed E-state index contributed by atoms with van der Waals surface area (Å²) in [6.07, 6.45) is 1.43. The lowest BCUT2D eigenvalue weighted by atomic mass is 10.1. The Labute approximate surface area is 114 Å². The van der Waals surface area contributed by atoms with Gasteiger partial charge in [-0.05, 0) is 17.7 Å². The Kier molecular flexibility index (Phi) is 3.81. The molecule has 0 saturated heterocycles.